The summed E-state index contributed by atoms with van der Waals surface area (Å²) < 4.78 is 7.04. The lowest BCUT2D eigenvalue weighted by Crippen LogP contribution is -2.25. The van der Waals surface area contributed by atoms with Crippen LogP contribution in [0.25, 0.3) is 5.69 Å². The standard InChI is InChI=1S/C23H24N4O2S/c1-14-12-18(15(2)27(14)17-9-7-8-16(13-17)22(28)29-4)21-20(25-23(30)26(21)3)19-10-5-6-11-24-19/h5-13,20-21H,1-4H3,(H,25,30)/t20-,21-/m0/s1. The van der Waals surface area contributed by atoms with Crippen molar-refractivity contribution in [3.63, 3.8) is 0 Å². The van der Waals surface area contributed by atoms with Gasteiger partial charge in [0.05, 0.1) is 30.5 Å². The van der Waals surface area contributed by atoms with Gasteiger partial charge in [-0.25, -0.2) is 4.79 Å². The molecular formula is C23H24N4O2S. The van der Waals surface area contributed by atoms with Crippen LogP contribution in [-0.4, -0.2) is 39.7 Å². The van der Waals surface area contributed by atoms with Gasteiger partial charge in [0.15, 0.2) is 5.11 Å². The van der Waals surface area contributed by atoms with E-state index >= 15 is 0 Å². The third-order valence-electron chi connectivity index (χ3n) is 5.65. The molecule has 154 valence electrons. The van der Waals surface area contributed by atoms with Gasteiger partial charge in [-0.2, -0.15) is 0 Å². The van der Waals surface area contributed by atoms with Gasteiger partial charge in [0.1, 0.15) is 0 Å². The van der Waals surface area contributed by atoms with Gasteiger partial charge in [0.25, 0.3) is 0 Å². The summed E-state index contributed by atoms with van der Waals surface area (Å²) in [4.78, 5) is 18.6. The van der Waals surface area contributed by atoms with Crippen molar-refractivity contribution in [2.75, 3.05) is 14.2 Å². The van der Waals surface area contributed by atoms with Crippen LogP contribution in [0, 0.1) is 13.8 Å². The van der Waals surface area contributed by atoms with E-state index in [4.69, 9.17) is 17.0 Å². The lowest BCUT2D eigenvalue weighted by Gasteiger charge is -2.24. The number of carbonyl (C=O) groups is 1. The molecule has 1 fully saturated rings. The molecular weight excluding hydrogens is 396 g/mol. The van der Waals surface area contributed by atoms with Gasteiger partial charge in [-0.15, -0.1) is 0 Å². The summed E-state index contributed by atoms with van der Waals surface area (Å²) >= 11 is 5.56. The molecule has 4 rings (SSSR count). The zero-order chi connectivity index (χ0) is 21.4. The SMILES string of the molecule is COC(=O)c1cccc(-n2c(C)cc([C@H]3[C@H](c4ccccn4)NC(=S)N3C)c2C)c1. The molecule has 0 unspecified atom stereocenters. The smallest absolute Gasteiger partial charge is 0.337 e. The average Bonchev–Trinajstić information content (AvgIpc) is 3.22. The molecule has 7 heteroatoms. The minimum absolute atomic E-state index is 0.0103. The van der Waals surface area contributed by atoms with Crippen LogP contribution >= 0.6 is 12.2 Å². The highest BCUT2D eigenvalue weighted by molar-refractivity contribution is 7.80. The van der Waals surface area contributed by atoms with Crippen molar-refractivity contribution in [3.05, 3.63) is 82.9 Å². The molecule has 0 spiro atoms. The normalized spacial score (nSPS) is 18.4. The Balaban J connectivity index is 1.80. The molecule has 0 saturated carbocycles. The highest BCUT2D eigenvalue weighted by atomic mass is 32.1. The average molecular weight is 421 g/mol. The van der Waals surface area contributed by atoms with E-state index in [-0.39, 0.29) is 18.1 Å². The maximum atomic E-state index is 12.0. The zero-order valence-electron chi connectivity index (χ0n) is 17.4. The molecule has 1 N–H and O–H groups in total. The van der Waals surface area contributed by atoms with Crippen molar-refractivity contribution in [1.29, 1.82) is 0 Å². The molecule has 0 bridgehead atoms. The number of esters is 1. The number of rotatable bonds is 4. The van der Waals surface area contributed by atoms with Crippen LogP contribution in [0.3, 0.4) is 0 Å². The van der Waals surface area contributed by atoms with Crippen LogP contribution in [0.2, 0.25) is 0 Å². The third kappa shape index (κ3) is 3.35. The van der Waals surface area contributed by atoms with E-state index in [0.717, 1.165) is 22.8 Å². The second kappa shape index (κ2) is 7.91. The molecule has 1 aliphatic heterocycles. The topological polar surface area (TPSA) is 59.4 Å². The van der Waals surface area contributed by atoms with Gasteiger partial charge in [0.2, 0.25) is 0 Å². The van der Waals surface area contributed by atoms with Crippen molar-refractivity contribution in [2.24, 2.45) is 0 Å². The van der Waals surface area contributed by atoms with Crippen LogP contribution in [0.4, 0.5) is 0 Å². The first kappa shape index (κ1) is 20.1. The number of likely N-dealkylation sites (N-methyl/N-ethyl adjacent to an activating group) is 1. The number of hydrogen-bond donors (Lipinski definition) is 1. The van der Waals surface area contributed by atoms with E-state index in [9.17, 15) is 4.79 Å². The van der Waals surface area contributed by atoms with E-state index in [1.165, 1.54) is 12.7 Å². The Morgan fingerprint density at radius 1 is 1.17 bits per heavy atom. The fourth-order valence-corrected chi connectivity index (χ4v) is 4.46. The van der Waals surface area contributed by atoms with Crippen molar-refractivity contribution in [2.45, 2.75) is 25.9 Å². The first-order valence-electron chi connectivity index (χ1n) is 9.74. The number of ether oxygens (including phenoxy) is 1. The van der Waals surface area contributed by atoms with Crippen LogP contribution in [0.1, 0.15) is 45.1 Å². The first-order chi connectivity index (χ1) is 14.4. The lowest BCUT2D eigenvalue weighted by molar-refractivity contribution is 0.0600. The molecule has 30 heavy (non-hydrogen) atoms. The highest BCUT2D eigenvalue weighted by Crippen LogP contribution is 2.40. The van der Waals surface area contributed by atoms with E-state index in [2.05, 4.69) is 39.7 Å². The monoisotopic (exact) mass is 420 g/mol. The molecule has 1 aliphatic rings. The Hall–Kier alpha value is -3.19. The number of aryl methyl sites for hydroxylation is 1. The summed E-state index contributed by atoms with van der Waals surface area (Å²) in [7, 11) is 3.40. The summed E-state index contributed by atoms with van der Waals surface area (Å²) in [6.45, 7) is 4.16. The summed E-state index contributed by atoms with van der Waals surface area (Å²) in [5, 5.41) is 4.12. The number of hydrogen-bond acceptors (Lipinski definition) is 4. The number of benzene rings is 1. The largest absolute Gasteiger partial charge is 0.465 e. The second-order valence-electron chi connectivity index (χ2n) is 7.44. The molecule has 3 heterocycles. The predicted octanol–water partition coefficient (Wildman–Crippen LogP) is 3.88. The predicted molar refractivity (Wildman–Crippen MR) is 120 cm³/mol. The summed E-state index contributed by atoms with van der Waals surface area (Å²) in [6, 6.07) is 15.6. The Kier molecular flexibility index (Phi) is 5.30. The van der Waals surface area contributed by atoms with E-state index in [1.54, 1.807) is 12.3 Å². The number of nitrogens with zero attached hydrogens (tertiary/aromatic N) is 3. The Morgan fingerprint density at radius 2 is 1.97 bits per heavy atom. The minimum Gasteiger partial charge on any atom is -0.465 e. The quantitative estimate of drug-likeness (QED) is 0.511. The summed E-state index contributed by atoms with van der Waals surface area (Å²) in [6.07, 6.45) is 1.80. The second-order valence-corrected chi connectivity index (χ2v) is 7.83. The zero-order valence-corrected chi connectivity index (χ0v) is 18.2. The van der Waals surface area contributed by atoms with Gasteiger partial charge in [-0.3, -0.25) is 4.98 Å². The van der Waals surface area contributed by atoms with Gasteiger partial charge in [-0.05, 0) is 68.0 Å². The number of thiocarbonyl (C=S) groups is 1. The molecule has 0 radical (unpaired) electrons. The van der Waals surface area contributed by atoms with Gasteiger partial charge < -0.3 is 19.5 Å². The fourth-order valence-electron chi connectivity index (χ4n) is 4.22. The lowest BCUT2D eigenvalue weighted by atomic mass is 9.97. The van der Waals surface area contributed by atoms with Crippen LogP contribution in [0.15, 0.2) is 54.7 Å². The Bertz CT molecular complexity index is 1110. The molecule has 1 saturated heterocycles. The Morgan fingerprint density at radius 3 is 2.67 bits per heavy atom. The molecule has 6 nitrogen and oxygen atoms in total. The molecule has 0 aliphatic carbocycles. The van der Waals surface area contributed by atoms with Gasteiger partial charge >= 0.3 is 5.97 Å². The van der Waals surface area contributed by atoms with Crippen molar-refractivity contribution >= 4 is 23.3 Å². The maximum Gasteiger partial charge on any atom is 0.337 e. The Labute approximate surface area is 181 Å². The minimum atomic E-state index is -0.347. The molecule has 3 aromatic rings. The number of nitrogens with one attached hydrogen (secondary N) is 1. The maximum absolute atomic E-state index is 12.0. The molecule has 1 aromatic carbocycles. The van der Waals surface area contributed by atoms with Gasteiger partial charge in [0, 0.05) is 30.3 Å². The number of carbonyl (C=O) groups excluding carboxylic acids is 1. The van der Waals surface area contributed by atoms with Crippen molar-refractivity contribution in [1.82, 2.24) is 19.8 Å². The fraction of sp³-hybridized carbons (Fsp3) is 0.261. The number of pyridine rings is 1. The summed E-state index contributed by atoms with van der Waals surface area (Å²) in [5.41, 5.74) is 5.74. The first-order valence-corrected chi connectivity index (χ1v) is 10.1. The number of aromatic nitrogens is 2. The highest BCUT2D eigenvalue weighted by Gasteiger charge is 2.39. The van der Waals surface area contributed by atoms with Crippen LogP contribution < -0.4 is 5.32 Å². The van der Waals surface area contributed by atoms with Gasteiger partial charge in [-0.1, -0.05) is 12.1 Å². The van der Waals surface area contributed by atoms with E-state index < -0.39 is 0 Å². The third-order valence-corrected chi connectivity index (χ3v) is 6.06. The molecule has 0 amide bonds. The summed E-state index contributed by atoms with van der Waals surface area (Å²) in [5.74, 6) is -0.347. The van der Waals surface area contributed by atoms with Crippen molar-refractivity contribution in [3.8, 4) is 5.69 Å². The van der Waals surface area contributed by atoms with Crippen LogP contribution in [-0.2, 0) is 4.74 Å². The van der Waals surface area contributed by atoms with E-state index in [1.807, 2.05) is 43.4 Å². The van der Waals surface area contributed by atoms with Crippen molar-refractivity contribution < 1.29 is 9.53 Å². The molecule has 2 atom stereocenters. The number of methoxy groups -OCH3 is 1. The molecule has 2 aromatic heterocycles. The van der Waals surface area contributed by atoms with E-state index in [0.29, 0.717) is 10.7 Å². The van der Waals surface area contributed by atoms with Crippen LogP contribution in [0.5, 0.6) is 0 Å².